The third kappa shape index (κ3) is 3.81. The molecule has 0 spiro atoms. The first kappa shape index (κ1) is 17.6. The second-order valence-corrected chi connectivity index (χ2v) is 8.38. The molecule has 4 rings (SSSR count). The van der Waals surface area contributed by atoms with Crippen molar-refractivity contribution in [1.82, 2.24) is 9.97 Å². The maximum atomic E-state index is 9.51. The van der Waals surface area contributed by atoms with Crippen LogP contribution in [0.5, 0.6) is 0 Å². The van der Waals surface area contributed by atoms with Crippen molar-refractivity contribution in [2.45, 2.75) is 62.8 Å². The number of benzene rings is 1. The number of aromatic nitrogens is 2. The number of rotatable bonds is 5. The second kappa shape index (κ2) is 7.45. The van der Waals surface area contributed by atoms with Gasteiger partial charge in [-0.25, -0.2) is 9.97 Å². The predicted molar refractivity (Wildman–Crippen MR) is 103 cm³/mol. The average Bonchev–Trinajstić information content (AvgIpc) is 3.09. The maximum Gasteiger partial charge on any atom is 0.115 e. The van der Waals surface area contributed by atoms with E-state index in [1.807, 2.05) is 12.4 Å². The Morgan fingerprint density at radius 3 is 2.77 bits per heavy atom. The summed E-state index contributed by atoms with van der Waals surface area (Å²) in [7, 11) is 0. The second-order valence-electron chi connectivity index (χ2n) is 8.38. The Kier molecular flexibility index (Phi) is 5.05. The topological polar surface area (TPSA) is 72.0 Å². The van der Waals surface area contributed by atoms with E-state index < -0.39 is 0 Å². The van der Waals surface area contributed by atoms with Crippen LogP contribution < -0.4 is 5.73 Å². The van der Waals surface area contributed by atoms with Crippen LogP contribution in [0.15, 0.2) is 36.9 Å². The monoisotopic (exact) mass is 351 g/mol. The highest BCUT2D eigenvalue weighted by molar-refractivity contribution is 5.36. The molecule has 1 fully saturated rings. The van der Waals surface area contributed by atoms with Crippen LogP contribution in [-0.4, -0.2) is 27.2 Å². The summed E-state index contributed by atoms with van der Waals surface area (Å²) in [4.78, 5) is 8.22. The van der Waals surface area contributed by atoms with Gasteiger partial charge in [-0.15, -0.1) is 0 Å². The molecule has 1 unspecified atom stereocenters. The van der Waals surface area contributed by atoms with Crippen molar-refractivity contribution in [3.63, 3.8) is 0 Å². The molecule has 1 aromatic carbocycles. The summed E-state index contributed by atoms with van der Waals surface area (Å²) in [5.74, 6) is 1.26. The van der Waals surface area contributed by atoms with E-state index in [0.29, 0.717) is 5.92 Å². The highest BCUT2D eigenvalue weighted by Crippen LogP contribution is 2.40. The lowest BCUT2D eigenvalue weighted by Gasteiger charge is -2.26. The Hall–Kier alpha value is -1.78. The van der Waals surface area contributed by atoms with Crippen molar-refractivity contribution in [3.8, 4) is 0 Å². The lowest BCUT2D eigenvalue weighted by atomic mass is 9.79. The molecule has 2 aliphatic carbocycles. The molecule has 4 nitrogen and oxygen atoms in total. The van der Waals surface area contributed by atoms with Crippen molar-refractivity contribution in [3.05, 3.63) is 59.2 Å². The van der Waals surface area contributed by atoms with Gasteiger partial charge in [0.05, 0.1) is 6.61 Å². The molecule has 3 atom stereocenters. The maximum absolute atomic E-state index is 9.51. The van der Waals surface area contributed by atoms with Crippen LogP contribution in [0.25, 0.3) is 0 Å². The molecule has 1 saturated carbocycles. The summed E-state index contributed by atoms with van der Waals surface area (Å²) in [6, 6.07) is 7.07. The highest BCUT2D eigenvalue weighted by Gasteiger charge is 2.36. The molecular formula is C22H29N3O. The fourth-order valence-electron chi connectivity index (χ4n) is 4.77. The van der Waals surface area contributed by atoms with Crippen LogP contribution in [-0.2, 0) is 19.3 Å². The SMILES string of the molecule is N[C@]1(CO)CC[C@H](c2ccc3c(c2)CCC(CCc2cncnc2)C3)C1. The molecule has 1 heterocycles. The predicted octanol–water partition coefficient (Wildman–Crippen LogP) is 3.17. The Bertz CT molecular complexity index is 748. The third-order valence-electron chi connectivity index (χ3n) is 6.45. The summed E-state index contributed by atoms with van der Waals surface area (Å²) < 4.78 is 0. The van der Waals surface area contributed by atoms with Crippen molar-refractivity contribution < 1.29 is 5.11 Å². The van der Waals surface area contributed by atoms with E-state index in [1.54, 1.807) is 6.33 Å². The van der Waals surface area contributed by atoms with E-state index in [4.69, 9.17) is 5.73 Å². The summed E-state index contributed by atoms with van der Waals surface area (Å²) in [6.45, 7) is 0.0998. The molecule has 0 aliphatic heterocycles. The molecular weight excluding hydrogens is 322 g/mol. The molecule has 138 valence electrons. The minimum absolute atomic E-state index is 0.0998. The molecule has 0 radical (unpaired) electrons. The van der Waals surface area contributed by atoms with Crippen molar-refractivity contribution in [2.75, 3.05) is 6.61 Å². The van der Waals surface area contributed by atoms with E-state index in [0.717, 1.165) is 31.6 Å². The molecule has 2 aromatic rings. The first-order valence-corrected chi connectivity index (χ1v) is 9.90. The van der Waals surface area contributed by atoms with E-state index in [-0.39, 0.29) is 12.1 Å². The normalized spacial score (nSPS) is 28.1. The van der Waals surface area contributed by atoms with Crippen LogP contribution in [0.3, 0.4) is 0 Å². The standard InChI is InChI=1S/C22H29N3O/c23-22(14-26)8-7-21(11-22)20-6-5-18-9-16(3-4-19(18)10-20)1-2-17-12-24-15-25-13-17/h5-6,10,12-13,15-16,21,26H,1-4,7-9,11,14,23H2/t16?,21-,22+/m0/s1. The lowest BCUT2D eigenvalue weighted by Crippen LogP contribution is -2.40. The molecule has 0 bridgehead atoms. The van der Waals surface area contributed by atoms with Crippen molar-refractivity contribution in [1.29, 1.82) is 0 Å². The van der Waals surface area contributed by atoms with Gasteiger partial charge in [-0.05, 0) is 85.5 Å². The summed E-state index contributed by atoms with van der Waals surface area (Å²) in [6.07, 6.45) is 14.3. The van der Waals surface area contributed by atoms with Gasteiger partial charge < -0.3 is 10.8 Å². The molecule has 2 aliphatic rings. The van der Waals surface area contributed by atoms with Crippen molar-refractivity contribution >= 4 is 0 Å². The first-order chi connectivity index (χ1) is 12.6. The number of hydrogen-bond acceptors (Lipinski definition) is 4. The molecule has 3 N–H and O–H groups in total. The number of nitrogens with zero attached hydrogens (tertiary/aromatic N) is 2. The molecule has 1 aromatic heterocycles. The van der Waals surface area contributed by atoms with Gasteiger partial charge in [0.1, 0.15) is 6.33 Å². The summed E-state index contributed by atoms with van der Waals surface area (Å²) in [5, 5.41) is 9.51. The van der Waals surface area contributed by atoms with Crippen LogP contribution in [0.2, 0.25) is 0 Å². The van der Waals surface area contributed by atoms with Gasteiger partial charge >= 0.3 is 0 Å². The Morgan fingerprint density at radius 2 is 2.00 bits per heavy atom. The highest BCUT2D eigenvalue weighted by atomic mass is 16.3. The molecule has 26 heavy (non-hydrogen) atoms. The zero-order chi connectivity index (χ0) is 18.0. The van der Waals surface area contributed by atoms with E-state index in [2.05, 4.69) is 28.2 Å². The van der Waals surface area contributed by atoms with Gasteiger partial charge in [-0.2, -0.15) is 0 Å². The number of nitrogens with two attached hydrogens (primary N) is 1. The Labute approximate surface area is 155 Å². The van der Waals surface area contributed by atoms with Gasteiger partial charge in [-0.1, -0.05) is 18.2 Å². The fourth-order valence-corrected chi connectivity index (χ4v) is 4.77. The van der Waals surface area contributed by atoms with Crippen LogP contribution >= 0.6 is 0 Å². The summed E-state index contributed by atoms with van der Waals surface area (Å²) in [5.41, 5.74) is 11.6. The number of aliphatic hydroxyl groups is 1. The summed E-state index contributed by atoms with van der Waals surface area (Å²) >= 11 is 0. The van der Waals surface area contributed by atoms with E-state index in [1.165, 1.54) is 47.9 Å². The lowest BCUT2D eigenvalue weighted by molar-refractivity contribution is 0.198. The van der Waals surface area contributed by atoms with Gasteiger partial charge in [0.15, 0.2) is 0 Å². The minimum Gasteiger partial charge on any atom is -0.394 e. The van der Waals surface area contributed by atoms with E-state index in [9.17, 15) is 5.11 Å². The largest absolute Gasteiger partial charge is 0.394 e. The molecule has 0 saturated heterocycles. The number of aliphatic hydroxyl groups excluding tert-OH is 1. The van der Waals surface area contributed by atoms with Crippen molar-refractivity contribution in [2.24, 2.45) is 11.7 Å². The molecule has 0 amide bonds. The molecule has 4 heteroatoms. The average molecular weight is 351 g/mol. The Morgan fingerprint density at radius 1 is 1.15 bits per heavy atom. The van der Waals surface area contributed by atoms with Gasteiger partial charge in [0, 0.05) is 17.9 Å². The van der Waals surface area contributed by atoms with Crippen LogP contribution in [0, 0.1) is 5.92 Å². The number of hydrogen-bond donors (Lipinski definition) is 2. The zero-order valence-corrected chi connectivity index (χ0v) is 15.4. The minimum atomic E-state index is -0.368. The van der Waals surface area contributed by atoms with Gasteiger partial charge in [0.25, 0.3) is 0 Å². The first-order valence-electron chi connectivity index (χ1n) is 9.90. The fraction of sp³-hybridized carbons (Fsp3) is 0.545. The van der Waals surface area contributed by atoms with E-state index >= 15 is 0 Å². The smallest absolute Gasteiger partial charge is 0.115 e. The third-order valence-corrected chi connectivity index (χ3v) is 6.45. The van der Waals surface area contributed by atoms with Crippen LogP contribution in [0.4, 0.5) is 0 Å². The van der Waals surface area contributed by atoms with Gasteiger partial charge in [-0.3, -0.25) is 0 Å². The number of fused-ring (bicyclic) bond motifs is 1. The number of aryl methyl sites for hydroxylation is 2. The van der Waals surface area contributed by atoms with Gasteiger partial charge in [0.2, 0.25) is 0 Å². The quantitative estimate of drug-likeness (QED) is 0.868. The van der Waals surface area contributed by atoms with Crippen LogP contribution in [0.1, 0.15) is 60.3 Å². The Balaban J connectivity index is 1.38. The zero-order valence-electron chi connectivity index (χ0n) is 15.4.